The Kier molecular flexibility index (Phi) is 4.18. The van der Waals surface area contributed by atoms with Gasteiger partial charge in [-0.25, -0.2) is 0 Å². The molecule has 0 fully saturated rings. The van der Waals surface area contributed by atoms with Crippen LogP contribution in [0.1, 0.15) is 25.0 Å². The Morgan fingerprint density at radius 3 is 2.86 bits per heavy atom. The van der Waals surface area contributed by atoms with E-state index >= 15 is 0 Å². The topological polar surface area (TPSA) is 21.3 Å². The Labute approximate surface area is 131 Å². The Bertz CT molecular complexity index is 652. The number of halogens is 1. The van der Waals surface area contributed by atoms with Crippen molar-refractivity contribution in [3.8, 4) is 16.9 Å². The van der Waals surface area contributed by atoms with Crippen LogP contribution in [0.3, 0.4) is 0 Å². The molecule has 110 valence electrons. The molecule has 0 bridgehead atoms. The zero-order valence-corrected chi connectivity index (χ0v) is 13.2. The number of para-hydroxylation sites is 1. The molecule has 1 N–H and O–H groups in total. The van der Waals surface area contributed by atoms with Crippen LogP contribution in [0, 0.1) is 0 Å². The molecule has 0 amide bonds. The quantitative estimate of drug-likeness (QED) is 0.901. The zero-order chi connectivity index (χ0) is 14.8. The van der Waals surface area contributed by atoms with E-state index in [2.05, 4.69) is 43.4 Å². The molecule has 0 aliphatic carbocycles. The molecule has 3 rings (SSSR count). The lowest BCUT2D eigenvalue weighted by Crippen LogP contribution is -2.22. The summed E-state index contributed by atoms with van der Waals surface area (Å²) in [6.07, 6.45) is 0.989. The molecule has 2 nitrogen and oxygen atoms in total. The molecule has 0 saturated heterocycles. The molecule has 21 heavy (non-hydrogen) atoms. The molecule has 0 radical (unpaired) electrons. The predicted molar refractivity (Wildman–Crippen MR) is 88.1 cm³/mol. The van der Waals surface area contributed by atoms with Crippen molar-refractivity contribution >= 4 is 11.6 Å². The van der Waals surface area contributed by atoms with Gasteiger partial charge in [0.15, 0.2) is 0 Å². The lowest BCUT2D eigenvalue weighted by atomic mass is 9.96. The highest BCUT2D eigenvalue weighted by Gasteiger charge is 2.18. The second kappa shape index (κ2) is 6.08. The largest absolute Gasteiger partial charge is 0.492 e. The van der Waals surface area contributed by atoms with Gasteiger partial charge >= 0.3 is 0 Å². The maximum Gasteiger partial charge on any atom is 0.130 e. The van der Waals surface area contributed by atoms with Gasteiger partial charge < -0.3 is 10.1 Å². The summed E-state index contributed by atoms with van der Waals surface area (Å²) < 4.78 is 5.84. The Hall–Kier alpha value is -1.51. The van der Waals surface area contributed by atoms with Gasteiger partial charge in [0.05, 0.1) is 6.61 Å². The second-order valence-electron chi connectivity index (χ2n) is 5.73. The van der Waals surface area contributed by atoms with Gasteiger partial charge in [-0.3, -0.25) is 0 Å². The minimum Gasteiger partial charge on any atom is -0.492 e. The molecule has 0 atom stereocenters. The number of benzene rings is 2. The normalized spacial score (nSPS) is 13.3. The van der Waals surface area contributed by atoms with Crippen LogP contribution in [0.2, 0.25) is 5.02 Å². The van der Waals surface area contributed by atoms with Crippen LogP contribution in [-0.2, 0) is 13.0 Å². The maximum absolute atomic E-state index is 6.22. The number of fused-ring (bicyclic) bond motifs is 1. The fraction of sp³-hybridized carbons (Fsp3) is 0.333. The third kappa shape index (κ3) is 3.07. The van der Waals surface area contributed by atoms with Gasteiger partial charge in [-0.1, -0.05) is 49.7 Å². The standard InChI is InChI=1S/C18H20ClNO/c1-12(2)20-11-14-6-7-15(19)10-17(14)16-5-3-4-13-8-9-21-18(13)16/h3-7,10,12,20H,8-9,11H2,1-2H3. The van der Waals surface area contributed by atoms with Crippen molar-refractivity contribution in [2.24, 2.45) is 0 Å². The van der Waals surface area contributed by atoms with Gasteiger partial charge in [0.25, 0.3) is 0 Å². The molecule has 2 aromatic rings. The molecule has 0 aromatic heterocycles. The molecular formula is C18H20ClNO. The van der Waals surface area contributed by atoms with Crippen molar-refractivity contribution in [1.82, 2.24) is 5.32 Å². The van der Waals surface area contributed by atoms with Crippen molar-refractivity contribution < 1.29 is 4.74 Å². The van der Waals surface area contributed by atoms with Crippen LogP contribution < -0.4 is 10.1 Å². The van der Waals surface area contributed by atoms with E-state index in [4.69, 9.17) is 16.3 Å². The fourth-order valence-corrected chi connectivity index (χ4v) is 2.87. The highest BCUT2D eigenvalue weighted by atomic mass is 35.5. The van der Waals surface area contributed by atoms with Crippen molar-refractivity contribution in [3.63, 3.8) is 0 Å². The molecular weight excluding hydrogens is 282 g/mol. The van der Waals surface area contributed by atoms with Gasteiger partial charge in [0.1, 0.15) is 5.75 Å². The molecule has 2 aromatic carbocycles. The number of hydrogen-bond acceptors (Lipinski definition) is 2. The summed E-state index contributed by atoms with van der Waals surface area (Å²) in [5.74, 6) is 1.02. The number of hydrogen-bond donors (Lipinski definition) is 1. The van der Waals surface area contributed by atoms with E-state index in [1.165, 1.54) is 11.1 Å². The summed E-state index contributed by atoms with van der Waals surface area (Å²) in [5, 5.41) is 4.23. The number of ether oxygens (including phenoxy) is 1. The average Bonchev–Trinajstić information content (AvgIpc) is 2.94. The summed E-state index contributed by atoms with van der Waals surface area (Å²) in [5.41, 5.74) is 4.84. The van der Waals surface area contributed by atoms with Crippen LogP contribution in [-0.4, -0.2) is 12.6 Å². The van der Waals surface area contributed by atoms with Gasteiger partial charge in [-0.2, -0.15) is 0 Å². The monoisotopic (exact) mass is 301 g/mol. The van der Waals surface area contributed by atoms with E-state index in [1.54, 1.807) is 0 Å². The van der Waals surface area contributed by atoms with Crippen molar-refractivity contribution in [2.75, 3.05) is 6.61 Å². The molecule has 3 heteroatoms. The van der Waals surface area contributed by atoms with Crippen LogP contribution in [0.25, 0.3) is 11.1 Å². The van der Waals surface area contributed by atoms with Crippen LogP contribution in [0.4, 0.5) is 0 Å². The molecule has 1 aliphatic heterocycles. The minimum absolute atomic E-state index is 0.450. The third-order valence-electron chi connectivity index (χ3n) is 3.78. The summed E-state index contributed by atoms with van der Waals surface area (Å²) in [6, 6.07) is 12.9. The fourth-order valence-electron chi connectivity index (χ4n) is 2.69. The summed E-state index contributed by atoms with van der Waals surface area (Å²) >= 11 is 6.22. The lowest BCUT2D eigenvalue weighted by Gasteiger charge is -2.15. The molecule has 0 unspecified atom stereocenters. The van der Waals surface area contributed by atoms with Crippen LogP contribution in [0.15, 0.2) is 36.4 Å². The Morgan fingerprint density at radius 1 is 1.19 bits per heavy atom. The van der Waals surface area contributed by atoms with E-state index in [-0.39, 0.29) is 0 Å². The van der Waals surface area contributed by atoms with Crippen molar-refractivity contribution in [1.29, 1.82) is 0 Å². The van der Waals surface area contributed by atoms with Crippen LogP contribution in [0.5, 0.6) is 5.75 Å². The molecule has 1 aliphatic rings. The van der Waals surface area contributed by atoms with E-state index in [0.29, 0.717) is 6.04 Å². The SMILES string of the molecule is CC(C)NCc1ccc(Cl)cc1-c1cccc2c1OCC2. The van der Waals surface area contributed by atoms with Crippen molar-refractivity contribution in [2.45, 2.75) is 32.9 Å². The number of rotatable bonds is 4. The van der Waals surface area contributed by atoms with E-state index in [9.17, 15) is 0 Å². The first-order chi connectivity index (χ1) is 10.1. The first-order valence-electron chi connectivity index (χ1n) is 7.42. The first kappa shape index (κ1) is 14.4. The summed E-state index contributed by atoms with van der Waals surface area (Å²) in [4.78, 5) is 0. The zero-order valence-electron chi connectivity index (χ0n) is 12.4. The minimum atomic E-state index is 0.450. The van der Waals surface area contributed by atoms with Gasteiger partial charge in [-0.05, 0) is 28.8 Å². The predicted octanol–water partition coefficient (Wildman–Crippen LogP) is 4.44. The molecule has 0 saturated carbocycles. The Balaban J connectivity index is 2.05. The lowest BCUT2D eigenvalue weighted by molar-refractivity contribution is 0.358. The van der Waals surface area contributed by atoms with Gasteiger partial charge in [0, 0.05) is 29.6 Å². The molecule has 0 spiro atoms. The number of nitrogens with one attached hydrogen (secondary N) is 1. The highest BCUT2D eigenvalue weighted by molar-refractivity contribution is 6.30. The van der Waals surface area contributed by atoms with E-state index in [1.807, 2.05) is 12.1 Å². The molecule has 1 heterocycles. The van der Waals surface area contributed by atoms with Crippen LogP contribution >= 0.6 is 11.6 Å². The highest BCUT2D eigenvalue weighted by Crippen LogP contribution is 2.39. The maximum atomic E-state index is 6.22. The first-order valence-corrected chi connectivity index (χ1v) is 7.80. The Morgan fingerprint density at radius 2 is 2.05 bits per heavy atom. The van der Waals surface area contributed by atoms with E-state index in [0.717, 1.165) is 41.5 Å². The van der Waals surface area contributed by atoms with E-state index < -0.39 is 0 Å². The second-order valence-corrected chi connectivity index (χ2v) is 6.17. The summed E-state index contributed by atoms with van der Waals surface area (Å²) in [7, 11) is 0. The smallest absolute Gasteiger partial charge is 0.130 e. The van der Waals surface area contributed by atoms with Gasteiger partial charge in [0.2, 0.25) is 0 Å². The van der Waals surface area contributed by atoms with Gasteiger partial charge in [-0.15, -0.1) is 0 Å². The summed E-state index contributed by atoms with van der Waals surface area (Å²) in [6.45, 7) is 5.90. The van der Waals surface area contributed by atoms with Crippen molar-refractivity contribution in [3.05, 3.63) is 52.5 Å². The third-order valence-corrected chi connectivity index (χ3v) is 4.01. The average molecular weight is 302 g/mol.